The molecular weight excluding hydrogens is 554 g/mol. The lowest BCUT2D eigenvalue weighted by Gasteiger charge is -2.18. The number of carbonyl (C=O) groups is 2. The minimum absolute atomic E-state index is 0.0822. The minimum atomic E-state index is -3.83. The lowest BCUT2D eigenvalue weighted by atomic mass is 10.0. The molecule has 2 aromatic rings. The molecule has 1 aliphatic heterocycles. The number of unbranched alkanes of at least 4 members (excludes halogenated alkanes) is 1. The molecule has 13 heteroatoms. The van der Waals surface area contributed by atoms with Gasteiger partial charge in [-0.05, 0) is 69.2 Å². The van der Waals surface area contributed by atoms with Gasteiger partial charge < -0.3 is 5.32 Å². The number of hydrazine groups is 1. The maximum Gasteiger partial charge on any atom is 0.343 e. The number of carbonyl (C=O) groups excluding carboxylic acids is 2. The largest absolute Gasteiger partial charge is 0.343 e. The van der Waals surface area contributed by atoms with Gasteiger partial charge in [-0.25, -0.2) is 40.9 Å². The van der Waals surface area contributed by atoms with Crippen LogP contribution in [0.15, 0.2) is 58.3 Å². The highest BCUT2D eigenvalue weighted by Gasteiger charge is 2.37. The van der Waals surface area contributed by atoms with Crippen LogP contribution < -0.4 is 20.2 Å². The number of amides is 4. The number of sulfonamides is 2. The lowest BCUT2D eigenvalue weighted by molar-refractivity contribution is 0.195. The molecule has 11 nitrogen and oxygen atoms in total. The van der Waals surface area contributed by atoms with Gasteiger partial charge >= 0.3 is 12.1 Å². The van der Waals surface area contributed by atoms with E-state index in [1.807, 2.05) is 30.5 Å². The van der Waals surface area contributed by atoms with Gasteiger partial charge in [0.1, 0.15) is 0 Å². The summed E-state index contributed by atoms with van der Waals surface area (Å²) in [6, 6.07) is 11.3. The Morgan fingerprint density at radius 1 is 0.775 bits per heavy atom. The Balaban J connectivity index is 0.000000226. The molecule has 2 fully saturated rings. The van der Waals surface area contributed by atoms with E-state index in [0.717, 1.165) is 37.1 Å². The minimum Gasteiger partial charge on any atom is -0.337 e. The fraction of sp³-hybridized carbons (Fsp3) is 0.481. The highest BCUT2D eigenvalue weighted by atomic mass is 32.2. The normalized spacial score (nSPS) is 18.7. The number of nitrogens with zero attached hydrogens (tertiary/aromatic N) is 1. The summed E-state index contributed by atoms with van der Waals surface area (Å²) in [7, 11) is -7.60. The zero-order valence-electron chi connectivity index (χ0n) is 23.1. The summed E-state index contributed by atoms with van der Waals surface area (Å²) in [4.78, 5) is 23.5. The Kier molecular flexibility index (Phi) is 10.9. The van der Waals surface area contributed by atoms with Crippen molar-refractivity contribution < 1.29 is 26.4 Å². The molecule has 2 atom stereocenters. The van der Waals surface area contributed by atoms with Crippen molar-refractivity contribution in [2.45, 2.75) is 62.7 Å². The molecule has 2 aromatic carbocycles. The predicted octanol–water partition coefficient (Wildman–Crippen LogP) is 3.41. The number of hydrogen-bond donors (Lipinski definition) is 4. The average Bonchev–Trinajstić information content (AvgIpc) is 3.46. The number of nitrogens with one attached hydrogen (secondary N) is 4. The number of hydrogen-bond acceptors (Lipinski definition) is 7. The molecule has 4 rings (SSSR count). The molecule has 1 saturated heterocycles. The van der Waals surface area contributed by atoms with E-state index in [1.165, 1.54) is 43.5 Å². The van der Waals surface area contributed by atoms with Crippen molar-refractivity contribution in [1.29, 1.82) is 0 Å². The van der Waals surface area contributed by atoms with Gasteiger partial charge in [-0.2, -0.15) is 0 Å². The molecule has 2 unspecified atom stereocenters. The van der Waals surface area contributed by atoms with Crippen LogP contribution in [0.2, 0.25) is 0 Å². The van der Waals surface area contributed by atoms with Crippen molar-refractivity contribution in [3.8, 4) is 0 Å². The molecule has 0 radical (unpaired) electrons. The first-order valence-electron chi connectivity index (χ1n) is 13.4. The number of urea groups is 2. The van der Waals surface area contributed by atoms with Crippen molar-refractivity contribution in [1.82, 2.24) is 25.2 Å². The summed E-state index contributed by atoms with van der Waals surface area (Å²) < 4.78 is 51.9. The lowest BCUT2D eigenvalue weighted by Crippen LogP contribution is -2.48. The van der Waals surface area contributed by atoms with Crippen LogP contribution in [0.5, 0.6) is 0 Å². The first-order chi connectivity index (χ1) is 18.9. The zero-order chi connectivity index (χ0) is 29.3. The molecule has 4 N–H and O–H groups in total. The van der Waals surface area contributed by atoms with Crippen LogP contribution in [-0.2, 0) is 20.0 Å². The quantitative estimate of drug-likeness (QED) is 0.342. The molecule has 1 saturated carbocycles. The summed E-state index contributed by atoms with van der Waals surface area (Å²) in [6.45, 7) is 7.81. The zero-order valence-corrected chi connectivity index (χ0v) is 24.8. The molecule has 0 aromatic heterocycles. The molecule has 1 aliphatic carbocycles. The first kappa shape index (κ1) is 31.4. The van der Waals surface area contributed by atoms with Gasteiger partial charge in [0.15, 0.2) is 0 Å². The van der Waals surface area contributed by atoms with Crippen molar-refractivity contribution in [3.63, 3.8) is 0 Å². The Morgan fingerprint density at radius 3 is 1.68 bits per heavy atom. The van der Waals surface area contributed by atoms with E-state index in [9.17, 15) is 26.4 Å². The van der Waals surface area contributed by atoms with E-state index in [2.05, 4.69) is 15.5 Å². The second-order valence-corrected chi connectivity index (χ2v) is 13.6. The molecule has 40 heavy (non-hydrogen) atoms. The maximum atomic E-state index is 12.1. The van der Waals surface area contributed by atoms with E-state index in [4.69, 9.17) is 0 Å². The molecule has 4 amide bonds. The van der Waals surface area contributed by atoms with Crippen LogP contribution in [-0.4, -0.2) is 53.5 Å². The number of fused-ring (bicyclic) bond motifs is 1. The van der Waals surface area contributed by atoms with E-state index < -0.39 is 32.1 Å². The van der Waals surface area contributed by atoms with Crippen LogP contribution in [0.25, 0.3) is 0 Å². The monoisotopic (exact) mass is 593 g/mol. The highest BCUT2D eigenvalue weighted by Crippen LogP contribution is 2.36. The van der Waals surface area contributed by atoms with Gasteiger partial charge in [-0.1, -0.05) is 55.2 Å². The van der Waals surface area contributed by atoms with Gasteiger partial charge in [-0.15, -0.1) is 0 Å². The van der Waals surface area contributed by atoms with Gasteiger partial charge in [0.05, 0.1) is 9.79 Å². The van der Waals surface area contributed by atoms with Gasteiger partial charge in [0, 0.05) is 19.6 Å². The summed E-state index contributed by atoms with van der Waals surface area (Å²) >= 11 is 0. The summed E-state index contributed by atoms with van der Waals surface area (Å²) in [5.74, 6) is 1.27. The fourth-order valence-electron chi connectivity index (χ4n) is 4.70. The van der Waals surface area contributed by atoms with E-state index in [1.54, 1.807) is 24.3 Å². The second kappa shape index (κ2) is 14.0. The van der Waals surface area contributed by atoms with E-state index in [-0.39, 0.29) is 9.79 Å². The molecule has 2 aliphatic rings. The molecule has 0 bridgehead atoms. The summed E-state index contributed by atoms with van der Waals surface area (Å²) in [6.07, 6.45) is 5.42. The van der Waals surface area contributed by atoms with E-state index >= 15 is 0 Å². The third-order valence-corrected chi connectivity index (χ3v) is 9.61. The first-order valence-corrected chi connectivity index (χ1v) is 16.4. The number of aryl methyl sites for hydroxylation is 2. The standard InChI is InChI=1S/C15H21N3O3S.C12H18N2O3S/c1-11-5-7-14(8-6-11)22(20,21)17-15(19)16-18-9-12-3-2-4-13(12)10-18;1-3-4-9-13-12(15)14-18(16,17)11-7-5-10(2)6-8-11/h5-8,12-13H,2-4,9-10H2,1H3,(H2,16,17,19);5-8H,3-4,9H2,1-2H3,(H2,13,14,15). The molecule has 220 valence electrons. The molecule has 0 spiro atoms. The van der Waals surface area contributed by atoms with Crippen LogP contribution in [0, 0.1) is 25.7 Å². The van der Waals surface area contributed by atoms with Crippen molar-refractivity contribution >= 4 is 32.1 Å². The summed E-state index contributed by atoms with van der Waals surface area (Å²) in [5, 5.41) is 4.32. The van der Waals surface area contributed by atoms with Crippen molar-refractivity contribution in [2.24, 2.45) is 11.8 Å². The highest BCUT2D eigenvalue weighted by molar-refractivity contribution is 7.90. The van der Waals surface area contributed by atoms with Crippen LogP contribution in [0.3, 0.4) is 0 Å². The number of benzene rings is 2. The van der Waals surface area contributed by atoms with Crippen molar-refractivity contribution in [3.05, 3.63) is 59.7 Å². The summed E-state index contributed by atoms with van der Waals surface area (Å²) in [5.41, 5.74) is 4.57. The second-order valence-electron chi connectivity index (χ2n) is 10.2. The SMILES string of the molecule is CCCCNC(=O)NS(=O)(=O)c1ccc(C)cc1.Cc1ccc(S(=O)(=O)NC(=O)NN2CC3CCCC3C2)cc1. The third-order valence-electron chi connectivity index (χ3n) is 6.92. The third kappa shape index (κ3) is 9.20. The fourth-order valence-corrected chi connectivity index (χ4v) is 6.53. The number of rotatable bonds is 8. The van der Waals surface area contributed by atoms with E-state index in [0.29, 0.717) is 18.4 Å². The van der Waals surface area contributed by atoms with Gasteiger partial charge in [0.2, 0.25) is 0 Å². The Bertz CT molecular complexity index is 1350. The predicted molar refractivity (Wildman–Crippen MR) is 152 cm³/mol. The van der Waals surface area contributed by atoms with Gasteiger partial charge in [-0.3, -0.25) is 5.43 Å². The smallest absolute Gasteiger partial charge is 0.337 e. The average molecular weight is 594 g/mol. The Labute approximate surface area is 237 Å². The van der Waals surface area contributed by atoms with Crippen LogP contribution in [0.1, 0.15) is 50.2 Å². The van der Waals surface area contributed by atoms with Gasteiger partial charge in [0.25, 0.3) is 20.0 Å². The maximum absolute atomic E-state index is 12.1. The Morgan fingerprint density at radius 2 is 1.23 bits per heavy atom. The van der Waals surface area contributed by atoms with Crippen LogP contribution >= 0.6 is 0 Å². The molecule has 1 heterocycles. The Hall–Kier alpha value is -3.16. The topological polar surface area (TPSA) is 154 Å². The molecular formula is C27H39N5O6S2. The van der Waals surface area contributed by atoms with Crippen molar-refractivity contribution in [2.75, 3.05) is 19.6 Å². The van der Waals surface area contributed by atoms with Crippen LogP contribution in [0.4, 0.5) is 9.59 Å².